The molecule has 0 saturated carbocycles. The molecule has 0 radical (unpaired) electrons. The Kier molecular flexibility index (Phi) is 6.36. The zero-order valence-electron chi connectivity index (χ0n) is 13.8. The lowest BCUT2D eigenvalue weighted by Crippen LogP contribution is -2.56. The molecule has 0 aliphatic carbocycles. The van der Waals surface area contributed by atoms with Gasteiger partial charge in [-0.15, -0.1) is 0 Å². The minimum Gasteiger partial charge on any atom is -0.348 e. The molecule has 0 heterocycles. The minimum absolute atomic E-state index is 0.0428. The SMILES string of the molecule is CC(C)C(C)(CN)NC(=O)CNC(=O)c1ccc(C(F)(F)F)cc1. The smallest absolute Gasteiger partial charge is 0.348 e. The van der Waals surface area contributed by atoms with E-state index in [0.29, 0.717) is 0 Å². The summed E-state index contributed by atoms with van der Waals surface area (Å²) in [5, 5.41) is 5.12. The molecule has 2 amide bonds. The summed E-state index contributed by atoms with van der Waals surface area (Å²) in [6.45, 7) is 5.57. The number of carbonyl (C=O) groups is 2. The molecule has 4 N–H and O–H groups in total. The maximum atomic E-state index is 12.5. The van der Waals surface area contributed by atoms with Gasteiger partial charge >= 0.3 is 6.18 Å². The van der Waals surface area contributed by atoms with Crippen LogP contribution in [0, 0.1) is 5.92 Å². The van der Waals surface area contributed by atoms with Gasteiger partial charge in [-0.1, -0.05) is 13.8 Å². The van der Waals surface area contributed by atoms with Crippen LogP contribution in [0.3, 0.4) is 0 Å². The zero-order chi connectivity index (χ0) is 18.5. The number of benzene rings is 1. The molecular formula is C16H22F3N3O2. The van der Waals surface area contributed by atoms with Gasteiger partial charge in [0.1, 0.15) is 0 Å². The number of hydrogen-bond acceptors (Lipinski definition) is 3. The maximum absolute atomic E-state index is 12.5. The average molecular weight is 345 g/mol. The van der Waals surface area contributed by atoms with Gasteiger partial charge in [0.05, 0.1) is 17.6 Å². The first kappa shape index (κ1) is 20.0. The van der Waals surface area contributed by atoms with Crippen LogP contribution in [-0.4, -0.2) is 30.4 Å². The lowest BCUT2D eigenvalue weighted by molar-refractivity contribution is -0.137. The topological polar surface area (TPSA) is 84.2 Å². The van der Waals surface area contributed by atoms with Crippen molar-refractivity contribution in [2.24, 2.45) is 11.7 Å². The van der Waals surface area contributed by atoms with Gasteiger partial charge < -0.3 is 16.4 Å². The monoisotopic (exact) mass is 345 g/mol. The summed E-state index contributed by atoms with van der Waals surface area (Å²) in [5.41, 5.74) is 4.26. The second-order valence-electron chi connectivity index (χ2n) is 6.08. The molecule has 1 atom stereocenters. The fourth-order valence-electron chi connectivity index (χ4n) is 1.87. The molecule has 0 fully saturated rings. The highest BCUT2D eigenvalue weighted by atomic mass is 19.4. The third-order valence-corrected chi connectivity index (χ3v) is 4.01. The van der Waals surface area contributed by atoms with Crippen LogP contribution in [-0.2, 0) is 11.0 Å². The van der Waals surface area contributed by atoms with E-state index in [2.05, 4.69) is 10.6 Å². The van der Waals surface area contributed by atoms with Gasteiger partial charge in [-0.25, -0.2) is 0 Å². The van der Waals surface area contributed by atoms with Crippen molar-refractivity contribution in [1.29, 1.82) is 0 Å². The summed E-state index contributed by atoms with van der Waals surface area (Å²) in [7, 11) is 0. The Morgan fingerprint density at radius 2 is 1.71 bits per heavy atom. The van der Waals surface area contributed by atoms with Gasteiger partial charge in [-0.2, -0.15) is 13.2 Å². The summed E-state index contributed by atoms with van der Waals surface area (Å²) in [5.74, 6) is -0.952. The molecule has 1 rings (SSSR count). The second-order valence-corrected chi connectivity index (χ2v) is 6.08. The fourth-order valence-corrected chi connectivity index (χ4v) is 1.87. The van der Waals surface area contributed by atoms with Crippen molar-refractivity contribution in [2.75, 3.05) is 13.1 Å². The van der Waals surface area contributed by atoms with Crippen molar-refractivity contribution in [3.05, 3.63) is 35.4 Å². The van der Waals surface area contributed by atoms with Crippen molar-refractivity contribution in [3.63, 3.8) is 0 Å². The van der Waals surface area contributed by atoms with Gasteiger partial charge in [-0.3, -0.25) is 9.59 Å². The molecule has 5 nitrogen and oxygen atoms in total. The average Bonchev–Trinajstić information content (AvgIpc) is 2.51. The highest BCUT2D eigenvalue weighted by Gasteiger charge is 2.30. The Morgan fingerprint density at radius 3 is 2.12 bits per heavy atom. The van der Waals surface area contributed by atoms with E-state index in [1.807, 2.05) is 13.8 Å². The summed E-state index contributed by atoms with van der Waals surface area (Å²) in [6, 6.07) is 3.76. The van der Waals surface area contributed by atoms with E-state index in [0.717, 1.165) is 24.3 Å². The van der Waals surface area contributed by atoms with Crippen LogP contribution in [0.5, 0.6) is 0 Å². The molecule has 0 aliphatic rings. The van der Waals surface area contributed by atoms with E-state index in [4.69, 9.17) is 5.73 Å². The quantitative estimate of drug-likeness (QED) is 0.736. The standard InChI is InChI=1S/C16H22F3N3O2/c1-10(2)15(3,9-20)22-13(23)8-21-14(24)11-4-6-12(7-5-11)16(17,18)19/h4-7,10H,8-9,20H2,1-3H3,(H,21,24)(H,22,23). The number of rotatable bonds is 6. The number of nitrogens with one attached hydrogen (secondary N) is 2. The molecule has 1 aromatic rings. The van der Waals surface area contributed by atoms with E-state index >= 15 is 0 Å². The summed E-state index contributed by atoms with van der Waals surface area (Å²) < 4.78 is 37.4. The highest BCUT2D eigenvalue weighted by Crippen LogP contribution is 2.29. The molecule has 24 heavy (non-hydrogen) atoms. The molecule has 134 valence electrons. The van der Waals surface area contributed by atoms with Crippen LogP contribution in [0.25, 0.3) is 0 Å². The van der Waals surface area contributed by atoms with E-state index in [1.165, 1.54) is 0 Å². The fraction of sp³-hybridized carbons (Fsp3) is 0.500. The number of alkyl halides is 3. The van der Waals surface area contributed by atoms with Gasteiger partial charge in [0.15, 0.2) is 0 Å². The third kappa shape index (κ3) is 5.23. The minimum atomic E-state index is -4.46. The molecule has 0 bridgehead atoms. The highest BCUT2D eigenvalue weighted by molar-refractivity contribution is 5.96. The lowest BCUT2D eigenvalue weighted by atomic mass is 9.88. The Balaban J connectivity index is 2.61. The lowest BCUT2D eigenvalue weighted by Gasteiger charge is -2.33. The van der Waals surface area contributed by atoms with E-state index in [-0.39, 0.29) is 24.6 Å². The van der Waals surface area contributed by atoms with Crippen molar-refractivity contribution in [3.8, 4) is 0 Å². The Bertz CT molecular complexity index is 585. The first-order valence-corrected chi connectivity index (χ1v) is 7.46. The van der Waals surface area contributed by atoms with Gasteiger partial charge in [0.25, 0.3) is 5.91 Å². The van der Waals surface area contributed by atoms with Gasteiger partial charge in [-0.05, 0) is 37.1 Å². The summed E-state index contributed by atoms with van der Waals surface area (Å²) in [6.07, 6.45) is -4.46. The third-order valence-electron chi connectivity index (χ3n) is 4.01. The molecule has 0 aliphatic heterocycles. The maximum Gasteiger partial charge on any atom is 0.416 e. The number of carbonyl (C=O) groups excluding carboxylic acids is 2. The van der Waals surface area contributed by atoms with E-state index in [1.54, 1.807) is 6.92 Å². The van der Waals surface area contributed by atoms with Gasteiger partial charge in [0, 0.05) is 12.1 Å². The Morgan fingerprint density at radius 1 is 1.17 bits per heavy atom. The second kappa shape index (κ2) is 7.65. The summed E-state index contributed by atoms with van der Waals surface area (Å²) >= 11 is 0. The molecule has 8 heteroatoms. The Hall–Kier alpha value is -2.09. The molecule has 0 saturated heterocycles. The normalized spacial score (nSPS) is 14.2. The number of amides is 2. The van der Waals surface area contributed by atoms with Crippen LogP contribution in [0.2, 0.25) is 0 Å². The van der Waals surface area contributed by atoms with Crippen LogP contribution < -0.4 is 16.4 Å². The number of halogens is 3. The van der Waals surface area contributed by atoms with Crippen LogP contribution in [0.4, 0.5) is 13.2 Å². The van der Waals surface area contributed by atoms with Gasteiger partial charge in [0.2, 0.25) is 5.91 Å². The summed E-state index contributed by atoms with van der Waals surface area (Å²) in [4.78, 5) is 23.8. The molecule has 0 aromatic heterocycles. The largest absolute Gasteiger partial charge is 0.416 e. The predicted molar refractivity (Wildman–Crippen MR) is 84.2 cm³/mol. The molecule has 0 spiro atoms. The Labute approximate surface area is 138 Å². The van der Waals surface area contributed by atoms with Crippen LogP contribution in [0.15, 0.2) is 24.3 Å². The van der Waals surface area contributed by atoms with Crippen LogP contribution >= 0.6 is 0 Å². The molecular weight excluding hydrogens is 323 g/mol. The zero-order valence-corrected chi connectivity index (χ0v) is 13.8. The van der Waals surface area contributed by atoms with Crippen LogP contribution in [0.1, 0.15) is 36.7 Å². The van der Waals surface area contributed by atoms with Crippen molar-refractivity contribution < 1.29 is 22.8 Å². The van der Waals surface area contributed by atoms with E-state index < -0.39 is 29.1 Å². The molecule has 1 aromatic carbocycles. The van der Waals surface area contributed by atoms with Crippen molar-refractivity contribution >= 4 is 11.8 Å². The number of hydrogen-bond donors (Lipinski definition) is 3. The number of nitrogens with two attached hydrogens (primary N) is 1. The molecule has 1 unspecified atom stereocenters. The van der Waals surface area contributed by atoms with E-state index in [9.17, 15) is 22.8 Å². The van der Waals surface area contributed by atoms with Crippen molar-refractivity contribution in [1.82, 2.24) is 10.6 Å². The predicted octanol–water partition coefficient (Wildman–Crippen LogP) is 1.92. The van der Waals surface area contributed by atoms with Crippen molar-refractivity contribution in [2.45, 2.75) is 32.5 Å². The first-order valence-electron chi connectivity index (χ1n) is 7.46. The first-order chi connectivity index (χ1) is 11.0.